The van der Waals surface area contributed by atoms with E-state index in [2.05, 4.69) is 26.9 Å². The minimum atomic E-state index is 0.279. The molecule has 0 spiro atoms. The molecule has 0 atom stereocenters. The summed E-state index contributed by atoms with van der Waals surface area (Å²) in [5, 5.41) is 12.1. The number of imidazole rings is 1. The lowest BCUT2D eigenvalue weighted by Gasteiger charge is -2.06. The highest BCUT2D eigenvalue weighted by Crippen LogP contribution is 2.34. The van der Waals surface area contributed by atoms with Crippen LogP contribution >= 0.6 is 22.9 Å². The van der Waals surface area contributed by atoms with Gasteiger partial charge >= 0.3 is 0 Å². The van der Waals surface area contributed by atoms with Gasteiger partial charge in [0.15, 0.2) is 4.96 Å². The molecule has 4 aromatic rings. The molecule has 6 heteroatoms. The third-order valence-corrected chi connectivity index (χ3v) is 5.34. The Morgan fingerprint density at radius 1 is 1.28 bits per heavy atom. The van der Waals surface area contributed by atoms with E-state index < -0.39 is 0 Å². The van der Waals surface area contributed by atoms with E-state index in [0.29, 0.717) is 0 Å². The van der Waals surface area contributed by atoms with Gasteiger partial charge in [0.1, 0.15) is 0 Å². The van der Waals surface area contributed by atoms with E-state index in [1.807, 2.05) is 31.2 Å². The number of thiazole rings is 1. The molecule has 0 saturated carbocycles. The summed E-state index contributed by atoms with van der Waals surface area (Å²) in [5.74, 6) is 0. The molecule has 0 amide bonds. The van der Waals surface area contributed by atoms with Crippen LogP contribution in [0.25, 0.3) is 27.5 Å². The topological polar surface area (TPSA) is 54.0 Å². The van der Waals surface area contributed by atoms with Crippen molar-refractivity contribution in [2.75, 3.05) is 0 Å². The van der Waals surface area contributed by atoms with Gasteiger partial charge in [0, 0.05) is 28.4 Å². The molecule has 25 heavy (non-hydrogen) atoms. The lowest BCUT2D eigenvalue weighted by molar-refractivity contribution is 1.08. The van der Waals surface area contributed by atoms with Crippen molar-refractivity contribution < 1.29 is 0 Å². The maximum atomic E-state index is 9.33. The number of hydrogen-bond donors (Lipinski definition) is 0. The first-order valence-corrected chi connectivity index (χ1v) is 8.97. The zero-order chi connectivity index (χ0) is 17.4. The number of nitriles is 1. The second kappa shape index (κ2) is 6.32. The molecule has 0 N–H and O–H groups in total. The van der Waals surface area contributed by atoms with E-state index in [-0.39, 0.29) is 6.42 Å². The molecule has 0 aliphatic carbocycles. The van der Waals surface area contributed by atoms with Gasteiger partial charge in [-0.15, -0.1) is 11.3 Å². The lowest BCUT2D eigenvalue weighted by atomic mass is 10.1. The monoisotopic (exact) mass is 364 g/mol. The first-order valence-electron chi connectivity index (χ1n) is 7.71. The standard InChI is InChI=1S/C19H13ClN4S/c1-12-9-13(4-5-15(12)20)17-11-25-19-23-18(14-3-2-8-22-10-14)16(6-7-21)24(17)19/h2-5,8-11H,6H2,1H3. The number of fused-ring (bicyclic) bond motifs is 1. The van der Waals surface area contributed by atoms with E-state index in [9.17, 15) is 5.26 Å². The molecule has 0 bridgehead atoms. The van der Waals surface area contributed by atoms with Crippen LogP contribution in [0, 0.1) is 18.3 Å². The summed E-state index contributed by atoms with van der Waals surface area (Å²) < 4.78 is 2.07. The number of benzene rings is 1. The van der Waals surface area contributed by atoms with Crippen LogP contribution in [0.3, 0.4) is 0 Å². The first-order chi connectivity index (χ1) is 12.2. The number of pyridine rings is 1. The Labute approximate surface area is 154 Å². The van der Waals surface area contributed by atoms with Crippen LogP contribution in [0.5, 0.6) is 0 Å². The van der Waals surface area contributed by atoms with Crippen molar-refractivity contribution in [3.05, 3.63) is 64.4 Å². The molecule has 0 aliphatic rings. The van der Waals surface area contributed by atoms with Gasteiger partial charge in [-0.3, -0.25) is 9.38 Å². The van der Waals surface area contributed by atoms with Crippen LogP contribution in [0.4, 0.5) is 0 Å². The smallest absolute Gasteiger partial charge is 0.194 e. The first kappa shape index (κ1) is 15.8. The average Bonchev–Trinajstić information content (AvgIpc) is 3.19. The van der Waals surface area contributed by atoms with E-state index in [1.54, 1.807) is 23.7 Å². The van der Waals surface area contributed by atoms with Crippen molar-refractivity contribution in [1.82, 2.24) is 14.4 Å². The van der Waals surface area contributed by atoms with Gasteiger partial charge in [-0.05, 0) is 42.3 Å². The zero-order valence-electron chi connectivity index (χ0n) is 13.4. The fraction of sp³-hybridized carbons (Fsp3) is 0.105. The van der Waals surface area contributed by atoms with Gasteiger partial charge in [0.05, 0.1) is 29.6 Å². The fourth-order valence-corrected chi connectivity index (χ4v) is 3.93. The number of aryl methyl sites for hydroxylation is 1. The van der Waals surface area contributed by atoms with E-state index in [4.69, 9.17) is 16.6 Å². The molecular weight excluding hydrogens is 352 g/mol. The summed E-state index contributed by atoms with van der Waals surface area (Å²) in [6.45, 7) is 1.99. The summed E-state index contributed by atoms with van der Waals surface area (Å²) >= 11 is 7.72. The molecule has 3 heterocycles. The van der Waals surface area contributed by atoms with Gasteiger partial charge in [0.2, 0.25) is 0 Å². The number of nitrogens with zero attached hydrogens (tertiary/aromatic N) is 4. The summed E-state index contributed by atoms with van der Waals surface area (Å²) in [4.78, 5) is 9.79. The minimum absolute atomic E-state index is 0.279. The van der Waals surface area contributed by atoms with Gasteiger partial charge < -0.3 is 0 Å². The second-order valence-corrected chi connectivity index (χ2v) is 6.93. The van der Waals surface area contributed by atoms with Crippen LogP contribution < -0.4 is 0 Å². The van der Waals surface area contributed by atoms with E-state index >= 15 is 0 Å². The van der Waals surface area contributed by atoms with Gasteiger partial charge in [-0.25, -0.2) is 4.98 Å². The molecule has 122 valence electrons. The molecule has 0 fully saturated rings. The zero-order valence-corrected chi connectivity index (χ0v) is 15.0. The summed E-state index contributed by atoms with van der Waals surface area (Å²) in [6, 6.07) is 12.1. The molecule has 0 aliphatic heterocycles. The molecule has 0 unspecified atom stereocenters. The van der Waals surface area contributed by atoms with E-state index in [1.165, 1.54) is 0 Å². The average molecular weight is 365 g/mol. The van der Waals surface area contributed by atoms with Crippen molar-refractivity contribution in [2.24, 2.45) is 0 Å². The quantitative estimate of drug-likeness (QED) is 0.505. The van der Waals surface area contributed by atoms with Crippen LogP contribution in [0.1, 0.15) is 11.3 Å². The molecular formula is C19H13ClN4S. The fourth-order valence-electron chi connectivity index (χ4n) is 2.89. The molecule has 4 nitrogen and oxygen atoms in total. The van der Waals surface area contributed by atoms with Crippen molar-refractivity contribution in [2.45, 2.75) is 13.3 Å². The predicted molar refractivity (Wildman–Crippen MR) is 101 cm³/mol. The van der Waals surface area contributed by atoms with Crippen molar-refractivity contribution >= 4 is 27.9 Å². The lowest BCUT2D eigenvalue weighted by Crippen LogP contribution is -1.95. The van der Waals surface area contributed by atoms with Crippen molar-refractivity contribution in [3.63, 3.8) is 0 Å². The Hall–Kier alpha value is -2.68. The summed E-state index contributed by atoms with van der Waals surface area (Å²) in [7, 11) is 0. The highest BCUT2D eigenvalue weighted by atomic mass is 35.5. The maximum absolute atomic E-state index is 9.33. The Morgan fingerprint density at radius 2 is 2.16 bits per heavy atom. The highest BCUT2D eigenvalue weighted by Gasteiger charge is 2.19. The number of aromatic nitrogens is 3. The van der Waals surface area contributed by atoms with Gasteiger partial charge in [0.25, 0.3) is 0 Å². The van der Waals surface area contributed by atoms with E-state index in [0.717, 1.165) is 43.8 Å². The van der Waals surface area contributed by atoms with Crippen molar-refractivity contribution in [3.8, 4) is 28.6 Å². The Kier molecular flexibility index (Phi) is 4.00. The third-order valence-electron chi connectivity index (χ3n) is 4.09. The molecule has 0 saturated heterocycles. The third kappa shape index (κ3) is 2.70. The molecule has 4 rings (SSSR count). The van der Waals surface area contributed by atoms with Crippen LogP contribution in [-0.2, 0) is 6.42 Å². The molecule has 0 radical (unpaired) electrons. The number of hydrogen-bond acceptors (Lipinski definition) is 4. The second-order valence-electron chi connectivity index (χ2n) is 5.69. The Balaban J connectivity index is 1.97. The largest absolute Gasteiger partial charge is 0.286 e. The van der Waals surface area contributed by atoms with Crippen LogP contribution in [-0.4, -0.2) is 14.4 Å². The minimum Gasteiger partial charge on any atom is -0.286 e. The van der Waals surface area contributed by atoms with Crippen molar-refractivity contribution in [1.29, 1.82) is 5.26 Å². The number of halogens is 1. The van der Waals surface area contributed by atoms with Crippen LogP contribution in [0.15, 0.2) is 48.1 Å². The summed E-state index contributed by atoms with van der Waals surface area (Å²) in [5.41, 5.74) is 5.72. The Morgan fingerprint density at radius 3 is 2.88 bits per heavy atom. The summed E-state index contributed by atoms with van der Waals surface area (Å²) in [6.07, 6.45) is 3.79. The normalized spacial score (nSPS) is 10.9. The van der Waals surface area contributed by atoms with Crippen LogP contribution in [0.2, 0.25) is 5.02 Å². The molecule has 1 aromatic carbocycles. The molecule has 3 aromatic heterocycles. The predicted octanol–water partition coefficient (Wildman–Crippen LogP) is 5.15. The number of rotatable bonds is 3. The van der Waals surface area contributed by atoms with Gasteiger partial charge in [-0.1, -0.05) is 17.7 Å². The maximum Gasteiger partial charge on any atom is 0.194 e. The van der Waals surface area contributed by atoms with Gasteiger partial charge in [-0.2, -0.15) is 5.26 Å². The Bertz CT molecular complexity index is 1110. The highest BCUT2D eigenvalue weighted by molar-refractivity contribution is 7.15. The SMILES string of the molecule is Cc1cc(-c2csc3nc(-c4cccnc4)c(CC#N)n23)ccc1Cl.